The maximum atomic E-state index is 12.9. The van der Waals surface area contributed by atoms with Gasteiger partial charge in [0, 0.05) is 5.69 Å². The molecule has 0 unspecified atom stereocenters. The van der Waals surface area contributed by atoms with Gasteiger partial charge in [-0.15, -0.1) is 0 Å². The number of nitrogens with one attached hydrogen (secondary N) is 1. The molecule has 5 heteroatoms. The van der Waals surface area contributed by atoms with Gasteiger partial charge in [-0.3, -0.25) is 0 Å². The number of anilines is 2. The fraction of sp³-hybridized carbons (Fsp3) is 0. The molecule has 0 bridgehead atoms. The molecule has 1 aromatic carbocycles. The van der Waals surface area contributed by atoms with Gasteiger partial charge >= 0.3 is 0 Å². The van der Waals surface area contributed by atoms with Crippen molar-refractivity contribution in [3.05, 3.63) is 53.1 Å². The number of aromatic nitrogens is 1. The Labute approximate surface area is 102 Å². The smallest absolute Gasteiger partial charge is 0.141 e. The average Bonchev–Trinajstić information content (AvgIpc) is 2.35. The summed E-state index contributed by atoms with van der Waals surface area (Å²) in [5.41, 5.74) is 1.70. The first-order chi connectivity index (χ1) is 8.19. The molecule has 0 atom stereocenters. The molecule has 0 radical (unpaired) electrons. The van der Waals surface area contributed by atoms with Crippen molar-refractivity contribution in [3.8, 4) is 6.07 Å². The van der Waals surface area contributed by atoms with E-state index >= 15 is 0 Å². The van der Waals surface area contributed by atoms with Crippen molar-refractivity contribution in [3.63, 3.8) is 0 Å². The SMILES string of the molecule is N#Cc1ccc(Nc2ccc(F)c(Cl)c2)cn1. The molecule has 1 aromatic heterocycles. The van der Waals surface area contributed by atoms with Crippen molar-refractivity contribution in [2.45, 2.75) is 0 Å². The van der Waals surface area contributed by atoms with Gasteiger partial charge in [0.15, 0.2) is 0 Å². The van der Waals surface area contributed by atoms with E-state index in [-0.39, 0.29) is 5.02 Å². The largest absolute Gasteiger partial charge is 0.354 e. The summed E-state index contributed by atoms with van der Waals surface area (Å²) in [4.78, 5) is 3.90. The van der Waals surface area contributed by atoms with Crippen LogP contribution in [0.5, 0.6) is 0 Å². The van der Waals surface area contributed by atoms with Crippen LogP contribution < -0.4 is 5.32 Å². The van der Waals surface area contributed by atoms with E-state index in [2.05, 4.69) is 10.3 Å². The van der Waals surface area contributed by atoms with Gasteiger partial charge in [-0.25, -0.2) is 9.37 Å². The Hall–Kier alpha value is -2.12. The van der Waals surface area contributed by atoms with E-state index in [0.29, 0.717) is 17.1 Å². The first-order valence-corrected chi connectivity index (χ1v) is 5.15. The Morgan fingerprint density at radius 3 is 2.59 bits per heavy atom. The second-order valence-corrected chi connectivity index (χ2v) is 3.71. The number of hydrogen-bond acceptors (Lipinski definition) is 3. The van der Waals surface area contributed by atoms with Crippen LogP contribution in [0.4, 0.5) is 15.8 Å². The molecular weight excluding hydrogens is 241 g/mol. The molecule has 17 heavy (non-hydrogen) atoms. The third kappa shape index (κ3) is 2.71. The van der Waals surface area contributed by atoms with Gasteiger partial charge in [0.05, 0.1) is 16.9 Å². The minimum absolute atomic E-state index is 0.0524. The Morgan fingerprint density at radius 2 is 2.00 bits per heavy atom. The normalized spacial score (nSPS) is 9.71. The second kappa shape index (κ2) is 4.81. The lowest BCUT2D eigenvalue weighted by atomic mass is 10.3. The van der Waals surface area contributed by atoms with Gasteiger partial charge < -0.3 is 5.32 Å². The van der Waals surface area contributed by atoms with Crippen LogP contribution in [0.3, 0.4) is 0 Å². The second-order valence-electron chi connectivity index (χ2n) is 3.30. The highest BCUT2D eigenvalue weighted by Gasteiger charge is 2.01. The summed E-state index contributed by atoms with van der Waals surface area (Å²) >= 11 is 5.65. The molecule has 0 amide bonds. The predicted octanol–water partition coefficient (Wildman–Crippen LogP) is 3.49. The number of pyridine rings is 1. The lowest BCUT2D eigenvalue weighted by Crippen LogP contribution is -1.92. The zero-order chi connectivity index (χ0) is 12.3. The van der Waals surface area contributed by atoms with Gasteiger partial charge in [0.2, 0.25) is 0 Å². The zero-order valence-corrected chi connectivity index (χ0v) is 9.37. The van der Waals surface area contributed by atoms with E-state index in [1.807, 2.05) is 6.07 Å². The van der Waals surface area contributed by atoms with Crippen molar-refractivity contribution >= 4 is 23.0 Å². The highest BCUT2D eigenvalue weighted by atomic mass is 35.5. The molecule has 0 aliphatic heterocycles. The van der Waals surface area contributed by atoms with Crippen LogP contribution >= 0.6 is 11.6 Å². The summed E-state index contributed by atoms with van der Waals surface area (Å²) < 4.78 is 12.9. The standard InChI is InChI=1S/C12H7ClFN3/c13-11-5-8(3-4-12(11)14)17-10-2-1-9(6-15)16-7-10/h1-5,7,17H. The highest BCUT2D eigenvalue weighted by molar-refractivity contribution is 6.31. The van der Waals surface area contributed by atoms with Crippen molar-refractivity contribution in [1.82, 2.24) is 4.98 Å². The Kier molecular flexibility index (Phi) is 3.22. The quantitative estimate of drug-likeness (QED) is 0.884. The first kappa shape index (κ1) is 11.4. The summed E-state index contributed by atoms with van der Waals surface area (Å²) in [7, 11) is 0. The maximum absolute atomic E-state index is 12.9. The zero-order valence-electron chi connectivity index (χ0n) is 8.61. The van der Waals surface area contributed by atoms with Crippen LogP contribution in [-0.4, -0.2) is 4.98 Å². The molecule has 2 aromatic rings. The minimum atomic E-state index is -0.463. The van der Waals surface area contributed by atoms with E-state index in [1.165, 1.54) is 18.3 Å². The molecule has 0 saturated carbocycles. The first-order valence-electron chi connectivity index (χ1n) is 4.77. The van der Waals surface area contributed by atoms with Crippen LogP contribution in [0, 0.1) is 17.1 Å². The third-order valence-electron chi connectivity index (χ3n) is 2.09. The summed E-state index contributed by atoms with van der Waals surface area (Å²) in [6, 6.07) is 9.56. The fourth-order valence-corrected chi connectivity index (χ4v) is 1.46. The summed E-state index contributed by atoms with van der Waals surface area (Å²) in [5, 5.41) is 11.6. The van der Waals surface area contributed by atoms with E-state index in [0.717, 1.165) is 0 Å². The Morgan fingerprint density at radius 1 is 1.24 bits per heavy atom. The van der Waals surface area contributed by atoms with Crippen molar-refractivity contribution in [2.24, 2.45) is 0 Å². The monoisotopic (exact) mass is 247 g/mol. The van der Waals surface area contributed by atoms with Crippen LogP contribution in [-0.2, 0) is 0 Å². The van der Waals surface area contributed by atoms with Gasteiger partial charge in [0.1, 0.15) is 17.6 Å². The number of halogens is 2. The number of nitriles is 1. The molecule has 0 aliphatic carbocycles. The van der Waals surface area contributed by atoms with E-state index in [1.54, 1.807) is 18.2 Å². The maximum Gasteiger partial charge on any atom is 0.141 e. The van der Waals surface area contributed by atoms with Gasteiger partial charge in [-0.1, -0.05) is 11.6 Å². The lowest BCUT2D eigenvalue weighted by Gasteiger charge is -2.06. The molecule has 0 saturated heterocycles. The summed E-state index contributed by atoms with van der Waals surface area (Å²) in [5.74, 6) is -0.463. The molecule has 3 nitrogen and oxygen atoms in total. The van der Waals surface area contributed by atoms with Crippen LogP contribution in [0.25, 0.3) is 0 Å². The van der Waals surface area contributed by atoms with Crippen LogP contribution in [0.2, 0.25) is 5.02 Å². The number of benzene rings is 1. The number of rotatable bonds is 2. The third-order valence-corrected chi connectivity index (χ3v) is 2.38. The molecule has 0 aliphatic rings. The summed E-state index contributed by atoms with van der Waals surface area (Å²) in [6.07, 6.45) is 1.52. The number of nitrogens with zero attached hydrogens (tertiary/aromatic N) is 2. The lowest BCUT2D eigenvalue weighted by molar-refractivity contribution is 0.628. The molecule has 2 rings (SSSR count). The Bertz CT molecular complexity index is 575. The minimum Gasteiger partial charge on any atom is -0.354 e. The van der Waals surface area contributed by atoms with Gasteiger partial charge in [-0.2, -0.15) is 5.26 Å². The van der Waals surface area contributed by atoms with Crippen molar-refractivity contribution in [1.29, 1.82) is 5.26 Å². The Balaban J connectivity index is 2.20. The van der Waals surface area contributed by atoms with Crippen LogP contribution in [0.1, 0.15) is 5.69 Å². The molecule has 0 fully saturated rings. The van der Waals surface area contributed by atoms with Crippen molar-refractivity contribution in [2.75, 3.05) is 5.32 Å². The average molecular weight is 248 g/mol. The van der Waals surface area contributed by atoms with Gasteiger partial charge in [0.25, 0.3) is 0 Å². The molecular formula is C12H7ClFN3. The van der Waals surface area contributed by atoms with Crippen LogP contribution in [0.15, 0.2) is 36.5 Å². The number of hydrogen-bond donors (Lipinski definition) is 1. The van der Waals surface area contributed by atoms with E-state index in [9.17, 15) is 4.39 Å². The van der Waals surface area contributed by atoms with Crippen molar-refractivity contribution < 1.29 is 4.39 Å². The predicted molar refractivity (Wildman–Crippen MR) is 63.6 cm³/mol. The molecule has 1 heterocycles. The van der Waals surface area contributed by atoms with Gasteiger partial charge in [-0.05, 0) is 30.3 Å². The molecule has 1 N–H and O–H groups in total. The topological polar surface area (TPSA) is 48.7 Å². The molecule has 84 valence electrons. The molecule has 0 spiro atoms. The van der Waals surface area contributed by atoms with E-state index < -0.39 is 5.82 Å². The summed E-state index contributed by atoms with van der Waals surface area (Å²) in [6.45, 7) is 0. The van der Waals surface area contributed by atoms with E-state index in [4.69, 9.17) is 16.9 Å². The highest BCUT2D eigenvalue weighted by Crippen LogP contribution is 2.22. The fourth-order valence-electron chi connectivity index (χ4n) is 1.27.